The highest BCUT2D eigenvalue weighted by molar-refractivity contribution is 5.76. The first-order chi connectivity index (χ1) is 21.1. The van der Waals surface area contributed by atoms with Crippen molar-refractivity contribution in [3.8, 4) is 0 Å². The summed E-state index contributed by atoms with van der Waals surface area (Å²) >= 11 is 0. The van der Waals surface area contributed by atoms with E-state index in [9.17, 15) is 0 Å². The molecule has 1 nitrogen and oxygen atoms in total. The van der Waals surface area contributed by atoms with Crippen molar-refractivity contribution in [2.24, 2.45) is 5.92 Å². The van der Waals surface area contributed by atoms with Gasteiger partial charge in [-0.2, -0.15) is 0 Å². The van der Waals surface area contributed by atoms with Crippen molar-refractivity contribution < 1.29 is 0 Å². The molecule has 1 aromatic rings. The molecule has 0 aromatic heterocycles. The van der Waals surface area contributed by atoms with Crippen molar-refractivity contribution in [2.75, 3.05) is 4.90 Å². The van der Waals surface area contributed by atoms with Gasteiger partial charge < -0.3 is 4.90 Å². The number of benzene rings is 1. The van der Waals surface area contributed by atoms with Gasteiger partial charge in [-0.3, -0.25) is 0 Å². The molecule has 0 fully saturated rings. The molecule has 0 saturated carbocycles. The lowest BCUT2D eigenvalue weighted by Gasteiger charge is -2.30. The zero-order chi connectivity index (χ0) is 31.5. The number of nitrogens with zero attached hydrogens (tertiary/aromatic N) is 1. The van der Waals surface area contributed by atoms with Crippen LogP contribution in [0.5, 0.6) is 0 Å². The maximum atomic E-state index is 4.32. The van der Waals surface area contributed by atoms with E-state index in [1.165, 1.54) is 22.4 Å². The summed E-state index contributed by atoms with van der Waals surface area (Å²) < 4.78 is 0. The lowest BCUT2D eigenvalue weighted by atomic mass is 9.88. The Bertz CT molecular complexity index is 1360. The van der Waals surface area contributed by atoms with Crippen molar-refractivity contribution in [3.63, 3.8) is 0 Å². The van der Waals surface area contributed by atoms with Gasteiger partial charge in [-0.15, -0.1) is 0 Å². The third-order valence-corrected chi connectivity index (χ3v) is 7.34. The highest BCUT2D eigenvalue weighted by Crippen LogP contribution is 2.33. The molecule has 1 atom stereocenters. The zero-order valence-electron chi connectivity index (χ0n) is 27.5. The molecular weight excluding hydrogens is 518 g/mol. The van der Waals surface area contributed by atoms with Gasteiger partial charge in [0.1, 0.15) is 0 Å². The second-order valence-electron chi connectivity index (χ2n) is 10.3. The number of anilines is 1. The summed E-state index contributed by atoms with van der Waals surface area (Å²) in [6.07, 6.45) is 40.5. The van der Waals surface area contributed by atoms with Gasteiger partial charge in [0, 0.05) is 23.0 Å². The summed E-state index contributed by atoms with van der Waals surface area (Å²) in [7, 11) is 0. The fraction of sp³-hybridized carbons (Fsp3) is 0.286. The maximum Gasteiger partial charge on any atom is 0.0461 e. The Morgan fingerprint density at radius 1 is 0.930 bits per heavy atom. The van der Waals surface area contributed by atoms with Crippen LogP contribution in [-0.4, -0.2) is 0 Å². The van der Waals surface area contributed by atoms with E-state index in [4.69, 9.17) is 0 Å². The quantitative estimate of drug-likeness (QED) is 0.213. The van der Waals surface area contributed by atoms with E-state index in [0.717, 1.165) is 54.6 Å². The Morgan fingerprint density at radius 3 is 2.26 bits per heavy atom. The summed E-state index contributed by atoms with van der Waals surface area (Å²) in [6, 6.07) is 8.92. The summed E-state index contributed by atoms with van der Waals surface area (Å²) in [5.41, 5.74) is 9.31. The predicted octanol–water partition coefficient (Wildman–Crippen LogP) is 12.7. The van der Waals surface area contributed by atoms with Crippen molar-refractivity contribution in [3.05, 3.63) is 168 Å². The molecule has 0 N–H and O–H groups in total. The molecule has 0 saturated heterocycles. The van der Waals surface area contributed by atoms with E-state index in [0.29, 0.717) is 5.92 Å². The van der Waals surface area contributed by atoms with Crippen molar-refractivity contribution in [2.45, 2.75) is 73.6 Å². The van der Waals surface area contributed by atoms with Gasteiger partial charge in [0.25, 0.3) is 0 Å². The van der Waals surface area contributed by atoms with E-state index in [1.807, 2.05) is 32.9 Å². The molecule has 0 amide bonds. The first-order valence-electron chi connectivity index (χ1n) is 16.0. The van der Waals surface area contributed by atoms with Crippen molar-refractivity contribution in [1.29, 1.82) is 0 Å². The van der Waals surface area contributed by atoms with Crippen LogP contribution in [0, 0.1) is 5.92 Å². The first-order valence-corrected chi connectivity index (χ1v) is 16.0. The molecule has 2 aliphatic carbocycles. The number of allylic oxidation sites excluding steroid dienone is 20. The maximum absolute atomic E-state index is 4.32. The minimum atomic E-state index is 0.434. The fourth-order valence-electron chi connectivity index (χ4n) is 5.08. The summed E-state index contributed by atoms with van der Waals surface area (Å²) in [4.78, 5) is 2.35. The van der Waals surface area contributed by atoms with Gasteiger partial charge in [-0.1, -0.05) is 138 Å². The molecule has 226 valence electrons. The van der Waals surface area contributed by atoms with Gasteiger partial charge in [0.15, 0.2) is 0 Å². The monoisotopic (exact) mass is 571 g/mol. The smallest absolute Gasteiger partial charge is 0.0461 e. The minimum Gasteiger partial charge on any atom is -0.311 e. The molecule has 0 aliphatic heterocycles. The van der Waals surface area contributed by atoms with Crippen LogP contribution in [0.2, 0.25) is 0 Å². The van der Waals surface area contributed by atoms with Crippen LogP contribution in [0.4, 0.5) is 5.69 Å². The average Bonchev–Trinajstić information content (AvgIpc) is 3.06. The summed E-state index contributed by atoms with van der Waals surface area (Å²) in [5.74, 6) is 0.434. The third kappa shape index (κ3) is 10.6. The molecule has 0 spiro atoms. The van der Waals surface area contributed by atoms with Crippen LogP contribution in [0.25, 0.3) is 5.57 Å². The molecule has 1 aromatic carbocycles. The summed E-state index contributed by atoms with van der Waals surface area (Å²) in [6.45, 7) is 20.6. The van der Waals surface area contributed by atoms with E-state index in [1.54, 1.807) is 6.08 Å². The molecule has 0 heterocycles. The fourth-order valence-corrected chi connectivity index (χ4v) is 5.08. The minimum absolute atomic E-state index is 0.434. The SMILES string of the molecule is C=C/C=C(\C=C/C)C(=C)/C=C\C(=C/C)N(C1=CCC(C2=CCCC=C2)C=C1)c1ccc(C(/C=C\CCC)=C/C)cc1.CC. The van der Waals surface area contributed by atoms with Crippen molar-refractivity contribution >= 4 is 11.3 Å². The van der Waals surface area contributed by atoms with Crippen LogP contribution >= 0.6 is 0 Å². The molecule has 1 heteroatoms. The van der Waals surface area contributed by atoms with Crippen LogP contribution in [0.1, 0.15) is 79.2 Å². The molecular formula is C42H53N. The van der Waals surface area contributed by atoms with Crippen LogP contribution < -0.4 is 4.90 Å². The highest BCUT2D eigenvalue weighted by atomic mass is 15.1. The van der Waals surface area contributed by atoms with E-state index < -0.39 is 0 Å². The average molecular weight is 572 g/mol. The second-order valence-corrected chi connectivity index (χ2v) is 10.3. The Balaban J connectivity index is 0.00000316. The Kier molecular flexibility index (Phi) is 16.3. The number of unbranched alkanes of at least 4 members (excludes halogenated alkanes) is 1. The molecule has 2 aliphatic rings. The molecule has 3 rings (SSSR count). The Hall–Kier alpha value is -4.10. The number of hydrogen-bond acceptors (Lipinski definition) is 1. The van der Waals surface area contributed by atoms with Gasteiger partial charge in [0.2, 0.25) is 0 Å². The molecule has 1 unspecified atom stereocenters. The van der Waals surface area contributed by atoms with Gasteiger partial charge in [-0.25, -0.2) is 0 Å². The number of hydrogen-bond donors (Lipinski definition) is 0. The lowest BCUT2D eigenvalue weighted by Crippen LogP contribution is -2.22. The van der Waals surface area contributed by atoms with E-state index >= 15 is 0 Å². The standard InChI is InChI=1S/C40H47N.C2H6/c1-7-12-14-19-33(10-4)36-23-28-39(29-24-36)41(38(11-5)27-22-32(6)34(17-8-2)18-9-3)40-30-25-37(26-31-40)35-20-15-13-16-21-35;1-2/h8-11,14-15,17-25,27-31,37H,2,6-7,12-13,16,26H2,1,3-5H3;1-2H3/b18-9-,19-14-,27-22-,33-10+,34-17+,38-11+;. The molecule has 0 bridgehead atoms. The van der Waals surface area contributed by atoms with E-state index in [2.05, 4.69) is 142 Å². The van der Waals surface area contributed by atoms with E-state index in [-0.39, 0.29) is 0 Å². The topological polar surface area (TPSA) is 3.24 Å². The van der Waals surface area contributed by atoms with Crippen LogP contribution in [-0.2, 0) is 0 Å². The zero-order valence-corrected chi connectivity index (χ0v) is 27.5. The third-order valence-electron chi connectivity index (χ3n) is 7.34. The lowest BCUT2D eigenvalue weighted by molar-refractivity contribution is 0.760. The van der Waals surface area contributed by atoms with Crippen LogP contribution in [0.3, 0.4) is 0 Å². The predicted molar refractivity (Wildman–Crippen MR) is 195 cm³/mol. The summed E-state index contributed by atoms with van der Waals surface area (Å²) in [5, 5.41) is 0. The van der Waals surface area contributed by atoms with Crippen LogP contribution in [0.15, 0.2) is 163 Å². The first kappa shape index (κ1) is 35.1. The Labute approximate surface area is 263 Å². The van der Waals surface area contributed by atoms with Crippen molar-refractivity contribution in [1.82, 2.24) is 0 Å². The number of rotatable bonds is 13. The normalized spacial score (nSPS) is 17.6. The Morgan fingerprint density at radius 2 is 1.70 bits per heavy atom. The van der Waals surface area contributed by atoms with Gasteiger partial charge in [0.05, 0.1) is 0 Å². The largest absolute Gasteiger partial charge is 0.311 e. The van der Waals surface area contributed by atoms with Gasteiger partial charge >= 0.3 is 0 Å². The molecule has 0 radical (unpaired) electrons. The highest BCUT2D eigenvalue weighted by Gasteiger charge is 2.19. The molecule has 43 heavy (non-hydrogen) atoms. The second kappa shape index (κ2) is 19.9. The van der Waals surface area contributed by atoms with Gasteiger partial charge in [-0.05, 0) is 98.6 Å².